The minimum Gasteiger partial charge on any atom is -0.465 e. The Morgan fingerprint density at radius 1 is 1.35 bits per heavy atom. The predicted octanol–water partition coefficient (Wildman–Crippen LogP) is 2.73. The highest BCUT2D eigenvalue weighted by Crippen LogP contribution is 2.57. The maximum Gasteiger partial charge on any atom is 0.341 e. The molecule has 4 saturated carbocycles. The molecule has 0 aliphatic heterocycles. The maximum absolute atomic E-state index is 12.4. The third-order valence-corrected chi connectivity index (χ3v) is 6.95. The molecule has 0 amide bonds. The summed E-state index contributed by atoms with van der Waals surface area (Å²) in [6.07, 6.45) is 8.57. The molecule has 138 valence electrons. The molecule has 4 aliphatic rings. The number of aromatic amines is 1. The van der Waals surface area contributed by atoms with E-state index < -0.39 is 5.60 Å². The molecule has 6 heteroatoms. The van der Waals surface area contributed by atoms with E-state index in [2.05, 4.69) is 21.9 Å². The van der Waals surface area contributed by atoms with Crippen molar-refractivity contribution in [3.63, 3.8) is 0 Å². The summed E-state index contributed by atoms with van der Waals surface area (Å²) in [5.74, 6) is 1.25. The van der Waals surface area contributed by atoms with Crippen LogP contribution in [0.25, 0.3) is 11.0 Å². The second kappa shape index (κ2) is 5.46. The summed E-state index contributed by atoms with van der Waals surface area (Å²) in [6.45, 7) is 0. The summed E-state index contributed by atoms with van der Waals surface area (Å²) in [7, 11) is 3.50. The fourth-order valence-corrected chi connectivity index (χ4v) is 6.37. The molecule has 0 aromatic carbocycles. The lowest BCUT2D eigenvalue weighted by Crippen LogP contribution is -2.61. The van der Waals surface area contributed by atoms with Crippen molar-refractivity contribution in [2.75, 3.05) is 19.1 Å². The lowest BCUT2D eigenvalue weighted by Gasteiger charge is -2.60. The number of nitrogens with one attached hydrogen (secondary N) is 1. The first-order chi connectivity index (χ1) is 12.5. The van der Waals surface area contributed by atoms with Gasteiger partial charge in [-0.1, -0.05) is 0 Å². The highest BCUT2D eigenvalue weighted by atomic mass is 16.5. The Morgan fingerprint density at radius 3 is 2.73 bits per heavy atom. The SMILES string of the molecule is COC(=O)c1cnc2[nH]ccc2c1N(C)C1[C@@H]2CC3C[C@H]1CC(O)(C3)C2. The summed E-state index contributed by atoms with van der Waals surface area (Å²) in [5, 5.41) is 11.8. The number of aliphatic hydroxyl groups is 1. The number of hydrogen-bond acceptors (Lipinski definition) is 5. The van der Waals surface area contributed by atoms with Crippen molar-refractivity contribution in [1.29, 1.82) is 0 Å². The number of H-pyrrole nitrogens is 1. The molecule has 26 heavy (non-hydrogen) atoms. The van der Waals surface area contributed by atoms with E-state index in [1.807, 2.05) is 12.3 Å². The van der Waals surface area contributed by atoms with Gasteiger partial charge < -0.3 is 19.7 Å². The highest BCUT2D eigenvalue weighted by Gasteiger charge is 2.56. The number of methoxy groups -OCH3 is 1. The van der Waals surface area contributed by atoms with E-state index in [-0.39, 0.29) is 5.97 Å². The van der Waals surface area contributed by atoms with Crippen LogP contribution in [0.4, 0.5) is 5.69 Å². The Hall–Kier alpha value is -2.08. The molecular weight excluding hydrogens is 330 g/mol. The Labute approximate surface area is 152 Å². The molecule has 4 aliphatic carbocycles. The van der Waals surface area contributed by atoms with Gasteiger partial charge in [0.1, 0.15) is 11.2 Å². The van der Waals surface area contributed by atoms with Crippen molar-refractivity contribution in [3.8, 4) is 0 Å². The number of ether oxygens (including phenoxy) is 1. The van der Waals surface area contributed by atoms with Crippen LogP contribution >= 0.6 is 0 Å². The molecular formula is C20H25N3O3. The molecule has 2 aromatic heterocycles. The van der Waals surface area contributed by atoms with Gasteiger partial charge in [-0.15, -0.1) is 0 Å². The maximum atomic E-state index is 12.4. The highest BCUT2D eigenvalue weighted by molar-refractivity contribution is 6.04. The molecule has 3 unspecified atom stereocenters. The van der Waals surface area contributed by atoms with Gasteiger partial charge in [0.25, 0.3) is 0 Å². The van der Waals surface area contributed by atoms with Crippen LogP contribution in [0.5, 0.6) is 0 Å². The van der Waals surface area contributed by atoms with Crippen LogP contribution in [0.1, 0.15) is 42.5 Å². The molecule has 5 atom stereocenters. The van der Waals surface area contributed by atoms with Crippen molar-refractivity contribution >= 4 is 22.7 Å². The van der Waals surface area contributed by atoms with Gasteiger partial charge >= 0.3 is 5.97 Å². The number of anilines is 1. The molecule has 0 saturated heterocycles. The van der Waals surface area contributed by atoms with Crippen molar-refractivity contribution in [1.82, 2.24) is 9.97 Å². The van der Waals surface area contributed by atoms with E-state index in [1.54, 1.807) is 6.20 Å². The van der Waals surface area contributed by atoms with Crippen LogP contribution < -0.4 is 4.90 Å². The van der Waals surface area contributed by atoms with Crippen molar-refractivity contribution < 1.29 is 14.6 Å². The van der Waals surface area contributed by atoms with E-state index in [1.165, 1.54) is 20.0 Å². The summed E-state index contributed by atoms with van der Waals surface area (Å²) in [6, 6.07) is 2.32. The monoisotopic (exact) mass is 355 g/mol. The van der Waals surface area contributed by atoms with E-state index >= 15 is 0 Å². The number of hydrogen-bond donors (Lipinski definition) is 2. The van der Waals surface area contributed by atoms with Crippen molar-refractivity contribution in [3.05, 3.63) is 24.0 Å². The Kier molecular flexibility index (Phi) is 3.38. The predicted molar refractivity (Wildman–Crippen MR) is 98.1 cm³/mol. The first-order valence-corrected chi connectivity index (χ1v) is 9.49. The molecule has 6 rings (SSSR count). The van der Waals surface area contributed by atoms with E-state index in [0.717, 1.165) is 36.0 Å². The first kappa shape index (κ1) is 16.1. The lowest BCUT2D eigenvalue weighted by atomic mass is 9.52. The van der Waals surface area contributed by atoms with Crippen LogP contribution in [0.3, 0.4) is 0 Å². The molecule has 0 spiro atoms. The Bertz CT molecular complexity index is 860. The minimum atomic E-state index is -0.458. The second-order valence-corrected chi connectivity index (χ2v) is 8.55. The van der Waals surface area contributed by atoms with Crippen LogP contribution in [0, 0.1) is 17.8 Å². The van der Waals surface area contributed by atoms with E-state index in [0.29, 0.717) is 29.4 Å². The van der Waals surface area contributed by atoms with E-state index in [9.17, 15) is 9.90 Å². The summed E-state index contributed by atoms with van der Waals surface area (Å²) < 4.78 is 5.02. The minimum absolute atomic E-state index is 0.343. The van der Waals surface area contributed by atoms with Gasteiger partial charge in [-0.05, 0) is 55.9 Å². The van der Waals surface area contributed by atoms with Crippen LogP contribution in [-0.2, 0) is 4.74 Å². The number of nitrogens with zero attached hydrogens (tertiary/aromatic N) is 2. The third-order valence-electron chi connectivity index (χ3n) is 6.95. The topological polar surface area (TPSA) is 78.5 Å². The van der Waals surface area contributed by atoms with Gasteiger partial charge in [-0.25, -0.2) is 9.78 Å². The quantitative estimate of drug-likeness (QED) is 0.828. The van der Waals surface area contributed by atoms with Crippen molar-refractivity contribution in [2.45, 2.75) is 43.7 Å². The normalized spacial score (nSPS) is 35.0. The van der Waals surface area contributed by atoms with Gasteiger partial charge in [0, 0.05) is 30.9 Å². The van der Waals surface area contributed by atoms with Gasteiger partial charge in [0.05, 0.1) is 18.4 Å². The Morgan fingerprint density at radius 2 is 2.08 bits per heavy atom. The molecule has 6 nitrogen and oxygen atoms in total. The number of fused-ring (bicyclic) bond motifs is 1. The average molecular weight is 355 g/mol. The smallest absolute Gasteiger partial charge is 0.341 e. The number of rotatable bonds is 3. The van der Waals surface area contributed by atoms with Crippen LogP contribution in [0.2, 0.25) is 0 Å². The molecule has 2 N–H and O–H groups in total. The summed E-state index contributed by atoms with van der Waals surface area (Å²) in [5.41, 5.74) is 1.73. The van der Waals surface area contributed by atoms with Gasteiger partial charge in [0.15, 0.2) is 0 Å². The standard InChI is InChI=1S/C20H25N3O3/c1-23(16-12-5-11-6-13(16)9-20(25,7-11)8-12)17-14-3-4-21-18(14)22-10-15(17)19(24)26-2/h3-4,10-13,16,25H,5-9H2,1-2H3,(H,21,22)/t11?,12-,13+,16?,20?. The van der Waals surface area contributed by atoms with Crippen LogP contribution in [-0.4, -0.2) is 46.8 Å². The summed E-state index contributed by atoms with van der Waals surface area (Å²) in [4.78, 5) is 22.2. The first-order valence-electron chi connectivity index (χ1n) is 9.49. The fraction of sp³-hybridized carbons (Fsp3) is 0.600. The molecule has 4 bridgehead atoms. The second-order valence-electron chi connectivity index (χ2n) is 8.55. The number of carbonyl (C=O) groups is 1. The number of pyridine rings is 1. The average Bonchev–Trinajstić information content (AvgIpc) is 3.06. The van der Waals surface area contributed by atoms with Gasteiger partial charge in [-0.2, -0.15) is 0 Å². The fourth-order valence-electron chi connectivity index (χ4n) is 6.37. The largest absolute Gasteiger partial charge is 0.465 e. The number of aromatic nitrogens is 2. The zero-order chi connectivity index (χ0) is 18.1. The zero-order valence-electron chi connectivity index (χ0n) is 15.2. The number of carbonyl (C=O) groups excluding carboxylic acids is 1. The van der Waals surface area contributed by atoms with Gasteiger partial charge in [-0.3, -0.25) is 0 Å². The summed E-state index contributed by atoms with van der Waals surface area (Å²) >= 11 is 0. The molecule has 2 aromatic rings. The van der Waals surface area contributed by atoms with Gasteiger partial charge in [0.2, 0.25) is 0 Å². The van der Waals surface area contributed by atoms with Crippen LogP contribution in [0.15, 0.2) is 18.5 Å². The Balaban J connectivity index is 1.60. The zero-order valence-corrected chi connectivity index (χ0v) is 15.2. The van der Waals surface area contributed by atoms with E-state index in [4.69, 9.17) is 4.74 Å². The third kappa shape index (κ3) is 2.21. The molecule has 0 radical (unpaired) electrons. The molecule has 2 heterocycles. The van der Waals surface area contributed by atoms with Crippen molar-refractivity contribution in [2.24, 2.45) is 17.8 Å². The molecule has 4 fully saturated rings. The lowest BCUT2D eigenvalue weighted by molar-refractivity contribution is -0.133. The number of esters is 1.